The summed E-state index contributed by atoms with van der Waals surface area (Å²) in [4.78, 5) is 0. The van der Waals surface area contributed by atoms with Crippen molar-refractivity contribution in [3.8, 4) is 0 Å². The number of rotatable bonds is 5. The van der Waals surface area contributed by atoms with Gasteiger partial charge in [0.05, 0.1) is 22.4 Å². The molecule has 138 valence electrons. The van der Waals surface area contributed by atoms with Crippen LogP contribution in [0.5, 0.6) is 0 Å². The van der Waals surface area contributed by atoms with Crippen LogP contribution in [-0.4, -0.2) is 42.1 Å². The number of benzene rings is 1. The molecule has 0 bridgehead atoms. The predicted molar refractivity (Wildman–Crippen MR) is 105 cm³/mol. The summed E-state index contributed by atoms with van der Waals surface area (Å²) in [6, 6.07) is 6.09. The zero-order valence-corrected chi connectivity index (χ0v) is 17.2. The van der Waals surface area contributed by atoms with Crippen molar-refractivity contribution < 1.29 is 19.1 Å². The molecular weight excluding hydrogens is 314 g/mol. The molecule has 0 amide bonds. The van der Waals surface area contributed by atoms with Crippen molar-refractivity contribution >= 4 is 25.5 Å². The van der Waals surface area contributed by atoms with Crippen molar-refractivity contribution in [3.05, 3.63) is 23.8 Å². The Balaban J connectivity index is 2.22. The lowest BCUT2D eigenvalue weighted by Crippen LogP contribution is -2.50. The highest BCUT2D eigenvalue weighted by Gasteiger charge is 2.52. The first-order valence-corrected chi connectivity index (χ1v) is 8.98. The van der Waals surface area contributed by atoms with Crippen LogP contribution in [-0.2, 0) is 14.0 Å². The number of aliphatic hydroxyl groups is 1. The number of hydrogen-bond donors (Lipinski definition) is 1. The van der Waals surface area contributed by atoms with Crippen LogP contribution in [0.3, 0.4) is 0 Å². The highest BCUT2D eigenvalue weighted by atomic mass is 16.7. The van der Waals surface area contributed by atoms with Crippen molar-refractivity contribution in [1.29, 1.82) is 0 Å². The maximum atomic E-state index is 10.3. The van der Waals surface area contributed by atoms with Crippen molar-refractivity contribution in [2.75, 3.05) is 0 Å². The van der Waals surface area contributed by atoms with Crippen LogP contribution >= 0.6 is 0 Å². The van der Waals surface area contributed by atoms with Gasteiger partial charge in [-0.15, -0.1) is 0 Å². The Morgan fingerprint density at radius 2 is 1.56 bits per heavy atom. The third-order valence-corrected chi connectivity index (χ3v) is 6.06. The summed E-state index contributed by atoms with van der Waals surface area (Å²) >= 11 is 0. The van der Waals surface area contributed by atoms with Crippen LogP contribution in [0.4, 0.5) is 0 Å². The average Bonchev–Trinajstić information content (AvgIpc) is 2.65. The van der Waals surface area contributed by atoms with Crippen LogP contribution in [0.1, 0.15) is 61.0 Å². The Kier molecular flexibility index (Phi) is 5.26. The van der Waals surface area contributed by atoms with Crippen LogP contribution in [0.2, 0.25) is 0 Å². The van der Waals surface area contributed by atoms with Gasteiger partial charge in [-0.05, 0) is 67.8 Å². The summed E-state index contributed by atoms with van der Waals surface area (Å²) in [5.41, 5.74) is 0.904. The standard InChI is InChI=1S/C19H32B2O4/c1-13-14(20-23-17(4,5)16(2,3)22)11-10-12-15(13)21-24-18(6,7)19(8,9)25-21/h10-12,20,22H,1-9H3. The second-order valence-corrected chi connectivity index (χ2v) is 9.08. The van der Waals surface area contributed by atoms with Crippen molar-refractivity contribution in [1.82, 2.24) is 0 Å². The first kappa shape index (κ1) is 20.5. The summed E-state index contributed by atoms with van der Waals surface area (Å²) in [6.45, 7) is 17.6. The molecule has 6 heteroatoms. The van der Waals surface area contributed by atoms with Gasteiger partial charge in [-0.1, -0.05) is 29.2 Å². The third kappa shape index (κ3) is 3.97. The molecular formula is C19H32B2O4. The SMILES string of the molecule is Cc1c(BOC(C)(C)C(C)(C)O)cccc1B1OC(C)(C)C(C)(C)O1. The van der Waals surface area contributed by atoms with Gasteiger partial charge in [-0.3, -0.25) is 0 Å². The molecule has 0 aromatic heterocycles. The number of hydrogen-bond acceptors (Lipinski definition) is 4. The minimum absolute atomic E-state index is 0.362. The molecule has 0 aliphatic carbocycles. The molecule has 0 unspecified atom stereocenters. The van der Waals surface area contributed by atoms with Crippen LogP contribution in [0.15, 0.2) is 18.2 Å². The van der Waals surface area contributed by atoms with Crippen molar-refractivity contribution in [2.45, 2.75) is 84.7 Å². The molecule has 1 heterocycles. The summed E-state index contributed by atoms with van der Waals surface area (Å²) in [6.07, 6.45) is 0. The van der Waals surface area contributed by atoms with E-state index in [2.05, 4.69) is 34.6 Å². The van der Waals surface area contributed by atoms with E-state index in [0.29, 0.717) is 7.48 Å². The molecule has 1 N–H and O–H groups in total. The molecule has 1 aliphatic heterocycles. The lowest BCUT2D eigenvalue weighted by Gasteiger charge is -2.37. The van der Waals surface area contributed by atoms with Crippen molar-refractivity contribution in [3.63, 3.8) is 0 Å². The molecule has 1 aromatic carbocycles. The Morgan fingerprint density at radius 1 is 1.04 bits per heavy atom. The second kappa shape index (κ2) is 6.41. The monoisotopic (exact) mass is 346 g/mol. The Hall–Kier alpha value is -0.810. The van der Waals surface area contributed by atoms with E-state index in [1.807, 2.05) is 32.0 Å². The maximum Gasteiger partial charge on any atom is 0.495 e. The van der Waals surface area contributed by atoms with Gasteiger partial charge in [0.15, 0.2) is 0 Å². The summed E-state index contributed by atoms with van der Waals surface area (Å²) in [5, 5.41) is 10.3. The Labute approximate surface area is 153 Å². The van der Waals surface area contributed by atoms with Gasteiger partial charge in [0, 0.05) is 0 Å². The van der Waals surface area contributed by atoms with Gasteiger partial charge < -0.3 is 19.1 Å². The summed E-state index contributed by atoms with van der Waals surface area (Å²) in [7, 11) is 0.0446. The van der Waals surface area contributed by atoms with Crippen LogP contribution in [0, 0.1) is 6.92 Å². The lowest BCUT2D eigenvalue weighted by atomic mass is 9.70. The molecule has 0 spiro atoms. The average molecular weight is 346 g/mol. The van der Waals surface area contributed by atoms with Crippen LogP contribution < -0.4 is 10.9 Å². The van der Waals surface area contributed by atoms with Gasteiger partial charge in [0.2, 0.25) is 0 Å². The van der Waals surface area contributed by atoms with Crippen LogP contribution in [0.25, 0.3) is 0 Å². The van der Waals surface area contributed by atoms with E-state index in [1.54, 1.807) is 13.8 Å². The van der Waals surface area contributed by atoms with E-state index in [0.717, 1.165) is 16.5 Å². The van der Waals surface area contributed by atoms with Gasteiger partial charge in [0.25, 0.3) is 0 Å². The fraction of sp³-hybridized carbons (Fsp3) is 0.684. The summed E-state index contributed by atoms with van der Waals surface area (Å²) < 4.78 is 18.4. The normalized spacial score (nSPS) is 20.0. The smallest absolute Gasteiger partial charge is 0.427 e. The quantitative estimate of drug-likeness (QED) is 0.827. The largest absolute Gasteiger partial charge is 0.495 e. The molecule has 0 saturated carbocycles. The van der Waals surface area contributed by atoms with Gasteiger partial charge in [-0.2, -0.15) is 0 Å². The van der Waals surface area contributed by atoms with E-state index in [9.17, 15) is 5.11 Å². The molecule has 0 radical (unpaired) electrons. The highest BCUT2D eigenvalue weighted by molar-refractivity contribution is 6.63. The van der Waals surface area contributed by atoms with E-state index >= 15 is 0 Å². The first-order chi connectivity index (χ1) is 11.2. The fourth-order valence-corrected chi connectivity index (χ4v) is 2.52. The van der Waals surface area contributed by atoms with E-state index in [4.69, 9.17) is 14.0 Å². The van der Waals surface area contributed by atoms with E-state index in [1.165, 1.54) is 0 Å². The summed E-state index contributed by atoms with van der Waals surface area (Å²) in [5.74, 6) is 0. The molecule has 1 fully saturated rings. The highest BCUT2D eigenvalue weighted by Crippen LogP contribution is 2.36. The predicted octanol–water partition coefficient (Wildman–Crippen LogP) is 1.84. The van der Waals surface area contributed by atoms with Gasteiger partial charge >= 0.3 is 14.6 Å². The minimum Gasteiger partial charge on any atom is -0.427 e. The molecule has 2 rings (SSSR count). The van der Waals surface area contributed by atoms with Gasteiger partial charge in [0.1, 0.15) is 0 Å². The molecule has 0 atom stereocenters. The van der Waals surface area contributed by atoms with Crippen molar-refractivity contribution in [2.24, 2.45) is 0 Å². The third-order valence-electron chi connectivity index (χ3n) is 6.06. The van der Waals surface area contributed by atoms with Gasteiger partial charge in [-0.25, -0.2) is 0 Å². The van der Waals surface area contributed by atoms with E-state index in [-0.39, 0.29) is 18.3 Å². The molecule has 1 aromatic rings. The molecule has 1 aliphatic rings. The Morgan fingerprint density at radius 3 is 2.04 bits per heavy atom. The Bertz CT molecular complexity index is 617. The minimum atomic E-state index is -0.926. The molecule has 4 nitrogen and oxygen atoms in total. The van der Waals surface area contributed by atoms with E-state index < -0.39 is 11.2 Å². The molecule has 1 saturated heterocycles. The second-order valence-electron chi connectivity index (χ2n) is 9.08. The lowest BCUT2D eigenvalue weighted by molar-refractivity contribution is -0.0893. The topological polar surface area (TPSA) is 47.9 Å². The zero-order valence-electron chi connectivity index (χ0n) is 17.2. The molecule has 25 heavy (non-hydrogen) atoms. The zero-order chi connectivity index (χ0) is 19.3. The maximum absolute atomic E-state index is 10.3. The fourth-order valence-electron chi connectivity index (χ4n) is 2.52. The first-order valence-electron chi connectivity index (χ1n) is 8.98.